The van der Waals surface area contributed by atoms with Crippen molar-refractivity contribution in [3.63, 3.8) is 0 Å². The van der Waals surface area contributed by atoms with E-state index >= 15 is 0 Å². The molecule has 2 rings (SSSR count). The van der Waals surface area contributed by atoms with Crippen molar-refractivity contribution in [3.05, 3.63) is 35.9 Å². The molecule has 1 aliphatic rings. The maximum atomic E-state index is 5.56. The largest absolute Gasteiger partial charge is 0.230 e. The first-order chi connectivity index (χ1) is 8.09. The smallest absolute Gasteiger partial charge is 0.121 e. The monoisotopic (exact) mass is 234 g/mol. The molecule has 2 heteroatoms. The number of rotatable bonds is 4. The summed E-state index contributed by atoms with van der Waals surface area (Å²) in [4.78, 5) is 11.0. The average molecular weight is 234 g/mol. The van der Waals surface area contributed by atoms with E-state index in [0.29, 0.717) is 5.92 Å². The first-order valence-corrected chi connectivity index (χ1v) is 6.48. The Balaban J connectivity index is 1.95. The molecule has 1 aromatic carbocycles. The van der Waals surface area contributed by atoms with Crippen molar-refractivity contribution in [3.8, 4) is 0 Å². The van der Waals surface area contributed by atoms with E-state index in [4.69, 9.17) is 9.78 Å². The minimum absolute atomic E-state index is 0.0911. The Hall–Kier alpha value is -0.860. The van der Waals surface area contributed by atoms with Crippen molar-refractivity contribution in [1.82, 2.24) is 0 Å². The topological polar surface area (TPSA) is 18.5 Å². The van der Waals surface area contributed by atoms with Gasteiger partial charge in [0.1, 0.15) is 11.7 Å². The highest BCUT2D eigenvalue weighted by atomic mass is 17.2. The molecule has 0 bridgehead atoms. The maximum Gasteiger partial charge on any atom is 0.121 e. The summed E-state index contributed by atoms with van der Waals surface area (Å²) in [5.74, 6) is 0.714. The zero-order valence-corrected chi connectivity index (χ0v) is 11.0. The Kier molecular flexibility index (Phi) is 3.85. The molecule has 2 atom stereocenters. The first-order valence-electron chi connectivity index (χ1n) is 6.48. The Morgan fingerprint density at radius 1 is 1.29 bits per heavy atom. The Morgan fingerprint density at radius 2 is 2.00 bits per heavy atom. The molecule has 94 valence electrons. The van der Waals surface area contributed by atoms with Crippen molar-refractivity contribution in [1.29, 1.82) is 0 Å². The van der Waals surface area contributed by atoms with Crippen molar-refractivity contribution in [2.24, 2.45) is 5.92 Å². The molecular weight excluding hydrogens is 212 g/mol. The summed E-state index contributed by atoms with van der Waals surface area (Å²) >= 11 is 0. The fourth-order valence-corrected chi connectivity index (χ4v) is 2.21. The van der Waals surface area contributed by atoms with Gasteiger partial charge in [0.15, 0.2) is 0 Å². The highest BCUT2D eigenvalue weighted by molar-refractivity contribution is 5.18. The van der Waals surface area contributed by atoms with E-state index in [1.807, 2.05) is 18.2 Å². The maximum absolute atomic E-state index is 5.56. The van der Waals surface area contributed by atoms with Crippen molar-refractivity contribution in [2.75, 3.05) is 0 Å². The summed E-state index contributed by atoms with van der Waals surface area (Å²) < 4.78 is 0. The third-order valence-corrected chi connectivity index (χ3v) is 3.40. The van der Waals surface area contributed by atoms with Gasteiger partial charge >= 0.3 is 0 Å². The molecule has 1 heterocycles. The van der Waals surface area contributed by atoms with Gasteiger partial charge in [0.2, 0.25) is 0 Å². The highest BCUT2D eigenvalue weighted by Gasteiger charge is 2.38. The molecular formula is C15H22O2. The van der Waals surface area contributed by atoms with Gasteiger partial charge in [-0.2, -0.15) is 0 Å². The van der Waals surface area contributed by atoms with Crippen LogP contribution in [0.15, 0.2) is 30.3 Å². The van der Waals surface area contributed by atoms with Crippen LogP contribution in [0.4, 0.5) is 0 Å². The van der Waals surface area contributed by atoms with Crippen LogP contribution in [-0.4, -0.2) is 5.60 Å². The molecule has 0 N–H and O–H groups in total. The van der Waals surface area contributed by atoms with E-state index in [1.165, 1.54) is 12.0 Å². The molecule has 17 heavy (non-hydrogen) atoms. The average Bonchev–Trinajstić information content (AvgIpc) is 2.72. The van der Waals surface area contributed by atoms with Crippen LogP contribution in [0.5, 0.6) is 0 Å². The van der Waals surface area contributed by atoms with Crippen molar-refractivity contribution >= 4 is 0 Å². The Labute approximate surface area is 104 Å². The van der Waals surface area contributed by atoms with Gasteiger partial charge in [-0.25, -0.2) is 9.78 Å². The number of hydrogen-bond acceptors (Lipinski definition) is 2. The predicted octanol–water partition coefficient (Wildman–Crippen LogP) is 4.27. The lowest BCUT2D eigenvalue weighted by Crippen LogP contribution is -2.23. The molecule has 2 unspecified atom stereocenters. The van der Waals surface area contributed by atoms with Crippen LogP contribution in [-0.2, 0) is 9.78 Å². The van der Waals surface area contributed by atoms with E-state index in [1.54, 1.807) is 0 Å². The minimum atomic E-state index is -0.120. The quantitative estimate of drug-likeness (QED) is 0.724. The van der Waals surface area contributed by atoms with Gasteiger partial charge in [-0.05, 0) is 31.2 Å². The summed E-state index contributed by atoms with van der Waals surface area (Å²) in [5.41, 5.74) is 1.09. The van der Waals surface area contributed by atoms with Gasteiger partial charge < -0.3 is 0 Å². The molecule has 0 aliphatic carbocycles. The predicted molar refractivity (Wildman–Crippen MR) is 68.4 cm³/mol. The molecule has 0 aromatic heterocycles. The van der Waals surface area contributed by atoms with E-state index in [-0.39, 0.29) is 11.7 Å². The van der Waals surface area contributed by atoms with Crippen molar-refractivity contribution < 1.29 is 9.78 Å². The minimum Gasteiger partial charge on any atom is -0.230 e. The lowest BCUT2D eigenvalue weighted by Gasteiger charge is -2.20. The highest BCUT2D eigenvalue weighted by Crippen LogP contribution is 2.40. The second kappa shape index (κ2) is 5.19. The van der Waals surface area contributed by atoms with E-state index in [2.05, 4.69) is 32.9 Å². The second-order valence-electron chi connectivity index (χ2n) is 5.67. The summed E-state index contributed by atoms with van der Waals surface area (Å²) in [6, 6.07) is 10.3. The number of hydrogen-bond donors (Lipinski definition) is 0. The zero-order valence-electron chi connectivity index (χ0n) is 11.0. The van der Waals surface area contributed by atoms with E-state index in [0.717, 1.165) is 12.8 Å². The standard InChI is InChI=1S/C15H22O2/c1-12(2)9-10-15(3)11-14(16-17-15)13-7-5-4-6-8-13/h4-8,12,14H,9-11H2,1-3H3. The Morgan fingerprint density at radius 3 is 2.65 bits per heavy atom. The molecule has 2 nitrogen and oxygen atoms in total. The van der Waals surface area contributed by atoms with Crippen molar-refractivity contribution in [2.45, 2.75) is 51.7 Å². The van der Waals surface area contributed by atoms with E-state index < -0.39 is 0 Å². The normalized spacial score (nSPS) is 28.8. The van der Waals surface area contributed by atoms with Gasteiger partial charge in [-0.1, -0.05) is 44.2 Å². The van der Waals surface area contributed by atoms with Crippen LogP contribution < -0.4 is 0 Å². The van der Waals surface area contributed by atoms with Gasteiger partial charge in [0.05, 0.1) is 0 Å². The molecule has 0 saturated carbocycles. The SMILES string of the molecule is CC(C)CCC1(C)CC(c2ccccc2)OO1. The summed E-state index contributed by atoms with van der Waals surface area (Å²) in [5, 5.41) is 0. The van der Waals surface area contributed by atoms with Gasteiger partial charge in [-0.3, -0.25) is 0 Å². The van der Waals surface area contributed by atoms with Crippen LogP contribution in [0.1, 0.15) is 51.7 Å². The molecule has 0 spiro atoms. The third kappa shape index (κ3) is 3.30. The van der Waals surface area contributed by atoms with E-state index in [9.17, 15) is 0 Å². The molecule has 1 fully saturated rings. The molecule has 0 amide bonds. The van der Waals surface area contributed by atoms with Gasteiger partial charge in [-0.15, -0.1) is 0 Å². The summed E-state index contributed by atoms with van der Waals surface area (Å²) in [6.07, 6.45) is 3.28. The van der Waals surface area contributed by atoms with Crippen LogP contribution in [0.3, 0.4) is 0 Å². The van der Waals surface area contributed by atoms with Crippen LogP contribution in [0.2, 0.25) is 0 Å². The fraction of sp³-hybridized carbons (Fsp3) is 0.600. The fourth-order valence-electron chi connectivity index (χ4n) is 2.21. The molecule has 0 radical (unpaired) electrons. The Bertz CT molecular complexity index is 347. The van der Waals surface area contributed by atoms with Gasteiger partial charge in [0, 0.05) is 6.42 Å². The van der Waals surface area contributed by atoms with Gasteiger partial charge in [0.25, 0.3) is 0 Å². The second-order valence-corrected chi connectivity index (χ2v) is 5.67. The summed E-state index contributed by atoms with van der Waals surface area (Å²) in [6.45, 7) is 6.64. The summed E-state index contributed by atoms with van der Waals surface area (Å²) in [7, 11) is 0. The third-order valence-electron chi connectivity index (χ3n) is 3.40. The molecule has 1 aromatic rings. The lowest BCUT2D eigenvalue weighted by atomic mass is 9.89. The molecule has 1 aliphatic heterocycles. The first kappa shape index (κ1) is 12.6. The zero-order chi connectivity index (χ0) is 12.3. The molecule has 1 saturated heterocycles. The van der Waals surface area contributed by atoms with Crippen LogP contribution in [0.25, 0.3) is 0 Å². The van der Waals surface area contributed by atoms with Crippen LogP contribution >= 0.6 is 0 Å². The lowest BCUT2D eigenvalue weighted by molar-refractivity contribution is -0.325. The number of benzene rings is 1. The van der Waals surface area contributed by atoms with Crippen LogP contribution in [0, 0.1) is 5.92 Å².